The van der Waals surface area contributed by atoms with Crippen molar-refractivity contribution in [3.05, 3.63) is 59.8 Å². The first-order valence-electron chi connectivity index (χ1n) is 5.03. The average molecular weight is 229 g/mol. The van der Waals surface area contributed by atoms with Gasteiger partial charge in [-0.05, 0) is 30.3 Å². The lowest BCUT2D eigenvalue weighted by Crippen LogP contribution is -1.92. The van der Waals surface area contributed by atoms with Crippen molar-refractivity contribution in [1.82, 2.24) is 9.78 Å². The maximum Gasteiger partial charge on any atom is 0.0927 e. The van der Waals surface area contributed by atoms with Crippen LogP contribution in [-0.2, 0) is 0 Å². The van der Waals surface area contributed by atoms with Crippen LogP contribution in [0.5, 0.6) is 0 Å². The Balaban J connectivity index is 2.15. The molecule has 16 heavy (non-hydrogen) atoms. The summed E-state index contributed by atoms with van der Waals surface area (Å²) in [5, 5.41) is 6.36. The van der Waals surface area contributed by atoms with Crippen molar-refractivity contribution in [1.29, 1.82) is 0 Å². The second-order valence-corrected chi connectivity index (χ2v) is 4.05. The highest BCUT2D eigenvalue weighted by Gasteiger charge is 2.01. The van der Waals surface area contributed by atoms with Crippen LogP contribution in [-0.4, -0.2) is 9.78 Å². The third kappa shape index (κ3) is 1.57. The number of benzene rings is 2. The Bertz CT molecular complexity index is 593. The lowest BCUT2D eigenvalue weighted by atomic mass is 10.3. The zero-order chi connectivity index (χ0) is 11.0. The number of halogens is 1. The summed E-state index contributed by atoms with van der Waals surface area (Å²) in [6, 6.07) is 15.7. The molecule has 0 bridgehead atoms. The van der Waals surface area contributed by atoms with Crippen molar-refractivity contribution in [2.45, 2.75) is 0 Å². The lowest BCUT2D eigenvalue weighted by molar-refractivity contribution is 0.896. The minimum absolute atomic E-state index is 0.737. The molecule has 0 aliphatic heterocycles. The third-order valence-electron chi connectivity index (χ3n) is 2.50. The Kier molecular flexibility index (Phi) is 2.15. The van der Waals surface area contributed by atoms with Gasteiger partial charge < -0.3 is 0 Å². The topological polar surface area (TPSA) is 17.8 Å². The fourth-order valence-corrected chi connectivity index (χ4v) is 1.82. The summed E-state index contributed by atoms with van der Waals surface area (Å²) in [6.45, 7) is 0. The molecule has 0 saturated carbocycles. The van der Waals surface area contributed by atoms with Crippen LogP contribution in [0.15, 0.2) is 54.7 Å². The van der Waals surface area contributed by atoms with E-state index in [9.17, 15) is 0 Å². The summed E-state index contributed by atoms with van der Waals surface area (Å²) in [7, 11) is 0. The van der Waals surface area contributed by atoms with Crippen molar-refractivity contribution < 1.29 is 0 Å². The van der Waals surface area contributed by atoms with E-state index in [1.54, 1.807) is 0 Å². The number of aromatic nitrogens is 2. The fraction of sp³-hybridized carbons (Fsp3) is 0. The molecular weight excluding hydrogens is 220 g/mol. The number of nitrogens with zero attached hydrogens (tertiary/aromatic N) is 2. The van der Waals surface area contributed by atoms with Gasteiger partial charge in [0.1, 0.15) is 0 Å². The molecule has 2 aromatic carbocycles. The summed E-state index contributed by atoms with van der Waals surface area (Å²) in [5.41, 5.74) is 2.01. The zero-order valence-corrected chi connectivity index (χ0v) is 9.22. The normalized spacial score (nSPS) is 10.8. The molecule has 0 atom stereocenters. The van der Waals surface area contributed by atoms with Gasteiger partial charge in [-0.1, -0.05) is 29.8 Å². The molecule has 0 fully saturated rings. The average Bonchev–Trinajstić information content (AvgIpc) is 2.73. The van der Waals surface area contributed by atoms with Crippen molar-refractivity contribution in [3.8, 4) is 5.69 Å². The number of rotatable bonds is 1. The van der Waals surface area contributed by atoms with Crippen LogP contribution in [0.3, 0.4) is 0 Å². The molecular formula is C13H9ClN2. The molecule has 0 amide bonds. The Labute approximate surface area is 98.1 Å². The molecule has 3 aromatic rings. The van der Waals surface area contributed by atoms with Crippen LogP contribution < -0.4 is 0 Å². The van der Waals surface area contributed by atoms with Crippen LogP contribution in [0, 0.1) is 0 Å². The third-order valence-corrected chi connectivity index (χ3v) is 2.76. The molecule has 0 N–H and O–H groups in total. The first-order valence-corrected chi connectivity index (χ1v) is 5.41. The van der Waals surface area contributed by atoms with Gasteiger partial charge in [0.25, 0.3) is 0 Å². The van der Waals surface area contributed by atoms with E-state index >= 15 is 0 Å². The summed E-state index contributed by atoms with van der Waals surface area (Å²) >= 11 is 5.85. The SMILES string of the molecule is Clc1ccc(-n2cc3ccccc3n2)cc1. The van der Waals surface area contributed by atoms with E-state index in [4.69, 9.17) is 11.6 Å². The van der Waals surface area contributed by atoms with Crippen LogP contribution in [0.2, 0.25) is 5.02 Å². The Morgan fingerprint density at radius 1 is 0.938 bits per heavy atom. The molecule has 0 spiro atoms. The van der Waals surface area contributed by atoms with Crippen LogP contribution >= 0.6 is 11.6 Å². The molecule has 0 unspecified atom stereocenters. The van der Waals surface area contributed by atoms with E-state index in [-0.39, 0.29) is 0 Å². The summed E-state index contributed by atoms with van der Waals surface area (Å²) in [5.74, 6) is 0. The molecule has 1 aromatic heterocycles. The highest BCUT2D eigenvalue weighted by molar-refractivity contribution is 6.30. The Morgan fingerprint density at radius 2 is 1.69 bits per heavy atom. The minimum Gasteiger partial charge on any atom is -0.240 e. The number of hydrogen-bond donors (Lipinski definition) is 0. The summed E-state index contributed by atoms with van der Waals surface area (Å²) in [6.07, 6.45) is 2.01. The van der Waals surface area contributed by atoms with Crippen molar-refractivity contribution in [3.63, 3.8) is 0 Å². The van der Waals surface area contributed by atoms with Gasteiger partial charge >= 0.3 is 0 Å². The highest BCUT2D eigenvalue weighted by atomic mass is 35.5. The Hall–Kier alpha value is -1.80. The monoisotopic (exact) mass is 228 g/mol. The summed E-state index contributed by atoms with van der Waals surface area (Å²) < 4.78 is 1.86. The van der Waals surface area contributed by atoms with Gasteiger partial charge in [-0.2, -0.15) is 5.10 Å². The molecule has 0 aliphatic rings. The van der Waals surface area contributed by atoms with E-state index < -0.39 is 0 Å². The van der Waals surface area contributed by atoms with Crippen LogP contribution in [0.25, 0.3) is 16.6 Å². The van der Waals surface area contributed by atoms with Gasteiger partial charge in [0, 0.05) is 16.6 Å². The zero-order valence-electron chi connectivity index (χ0n) is 8.47. The maximum absolute atomic E-state index is 5.85. The molecule has 0 radical (unpaired) electrons. The van der Waals surface area contributed by atoms with Crippen molar-refractivity contribution in [2.24, 2.45) is 0 Å². The maximum atomic E-state index is 5.85. The molecule has 3 heteroatoms. The van der Waals surface area contributed by atoms with Gasteiger partial charge in [0.15, 0.2) is 0 Å². The van der Waals surface area contributed by atoms with Gasteiger partial charge in [0.05, 0.1) is 11.2 Å². The lowest BCUT2D eigenvalue weighted by Gasteiger charge is -1.99. The molecule has 0 aliphatic carbocycles. The van der Waals surface area contributed by atoms with Gasteiger partial charge in [-0.15, -0.1) is 0 Å². The van der Waals surface area contributed by atoms with E-state index in [0.29, 0.717) is 0 Å². The second kappa shape index (κ2) is 3.65. The van der Waals surface area contributed by atoms with Gasteiger partial charge in [-0.25, -0.2) is 4.68 Å². The smallest absolute Gasteiger partial charge is 0.0927 e. The van der Waals surface area contributed by atoms with E-state index in [1.807, 2.05) is 53.3 Å². The van der Waals surface area contributed by atoms with E-state index in [0.717, 1.165) is 21.6 Å². The minimum atomic E-state index is 0.737. The molecule has 1 heterocycles. The predicted molar refractivity (Wildman–Crippen MR) is 66.1 cm³/mol. The standard InChI is InChI=1S/C13H9ClN2/c14-11-5-7-12(8-6-11)16-9-10-3-1-2-4-13(10)15-16/h1-9H. The number of fused-ring (bicyclic) bond motifs is 1. The van der Waals surface area contributed by atoms with Gasteiger partial charge in [0.2, 0.25) is 0 Å². The Morgan fingerprint density at radius 3 is 2.44 bits per heavy atom. The first-order chi connectivity index (χ1) is 7.83. The summed E-state index contributed by atoms with van der Waals surface area (Å²) in [4.78, 5) is 0. The van der Waals surface area contributed by atoms with Crippen LogP contribution in [0.4, 0.5) is 0 Å². The van der Waals surface area contributed by atoms with E-state index in [2.05, 4.69) is 11.2 Å². The van der Waals surface area contributed by atoms with Crippen molar-refractivity contribution >= 4 is 22.5 Å². The molecule has 3 rings (SSSR count). The molecule has 0 saturated heterocycles. The predicted octanol–water partition coefficient (Wildman–Crippen LogP) is 3.68. The van der Waals surface area contributed by atoms with Crippen LogP contribution in [0.1, 0.15) is 0 Å². The fourth-order valence-electron chi connectivity index (χ4n) is 1.69. The first kappa shape index (κ1) is 9.43. The molecule has 78 valence electrons. The quantitative estimate of drug-likeness (QED) is 0.621. The van der Waals surface area contributed by atoms with E-state index in [1.165, 1.54) is 0 Å². The van der Waals surface area contributed by atoms with Crippen molar-refractivity contribution in [2.75, 3.05) is 0 Å². The number of hydrogen-bond acceptors (Lipinski definition) is 1. The van der Waals surface area contributed by atoms with Gasteiger partial charge in [-0.3, -0.25) is 0 Å². The molecule has 2 nitrogen and oxygen atoms in total. The highest BCUT2D eigenvalue weighted by Crippen LogP contribution is 2.17. The largest absolute Gasteiger partial charge is 0.240 e. The second-order valence-electron chi connectivity index (χ2n) is 3.61.